The molecule has 1 amide bonds. The van der Waals surface area contributed by atoms with Gasteiger partial charge in [-0.15, -0.1) is 0 Å². The Bertz CT molecular complexity index is 1110. The fourth-order valence-corrected chi connectivity index (χ4v) is 4.53. The van der Waals surface area contributed by atoms with E-state index in [1.54, 1.807) is 4.90 Å². The van der Waals surface area contributed by atoms with Gasteiger partial charge in [0.05, 0.1) is 12.1 Å². The lowest BCUT2D eigenvalue weighted by Crippen LogP contribution is -2.32. The van der Waals surface area contributed by atoms with Gasteiger partial charge in [0, 0.05) is 17.3 Å². The Morgan fingerprint density at radius 1 is 0.879 bits per heavy atom. The molecule has 0 spiro atoms. The molecule has 0 aromatic heterocycles. The van der Waals surface area contributed by atoms with E-state index < -0.39 is 0 Å². The molecule has 5 nitrogen and oxygen atoms in total. The van der Waals surface area contributed by atoms with Gasteiger partial charge in [-0.05, 0) is 85.6 Å². The summed E-state index contributed by atoms with van der Waals surface area (Å²) >= 11 is 6.01. The number of fused-ring (bicyclic) bond motifs is 1. The first kappa shape index (κ1) is 21.8. The van der Waals surface area contributed by atoms with E-state index in [9.17, 15) is 4.79 Å². The van der Waals surface area contributed by atoms with Crippen LogP contribution in [0.15, 0.2) is 66.7 Å². The van der Waals surface area contributed by atoms with Crippen molar-refractivity contribution in [3.05, 3.63) is 77.3 Å². The van der Waals surface area contributed by atoms with Crippen molar-refractivity contribution in [2.24, 2.45) is 0 Å². The van der Waals surface area contributed by atoms with Crippen LogP contribution in [-0.2, 0) is 0 Å². The number of benzene rings is 3. The molecular weight excluding hydrogens is 436 g/mol. The number of halogens is 1. The van der Waals surface area contributed by atoms with Crippen molar-refractivity contribution in [1.29, 1.82) is 0 Å². The number of likely N-dealkylation sites (tertiary alicyclic amines) is 1. The molecule has 0 bridgehead atoms. The highest BCUT2D eigenvalue weighted by Gasteiger charge is 2.25. The summed E-state index contributed by atoms with van der Waals surface area (Å²) in [6.07, 6.45) is 2.57. The summed E-state index contributed by atoms with van der Waals surface area (Å²) in [5.41, 5.74) is 3.42. The first-order chi connectivity index (χ1) is 16.2. The molecule has 170 valence electrons. The van der Waals surface area contributed by atoms with Gasteiger partial charge in [0.1, 0.15) is 24.7 Å². The third-order valence-corrected chi connectivity index (χ3v) is 6.48. The molecule has 0 atom stereocenters. The molecule has 1 fully saturated rings. The predicted octanol–water partition coefficient (Wildman–Crippen LogP) is 5.52. The van der Waals surface area contributed by atoms with E-state index in [0.717, 1.165) is 29.1 Å². The average molecular weight is 463 g/mol. The fraction of sp³-hybridized carbons (Fsp3) is 0.296. The molecule has 5 rings (SSSR count). The minimum Gasteiger partial charge on any atom is -0.492 e. The minimum atomic E-state index is -0.0622. The van der Waals surface area contributed by atoms with Gasteiger partial charge in [-0.2, -0.15) is 0 Å². The fourth-order valence-electron chi connectivity index (χ4n) is 4.40. The lowest BCUT2D eigenvalue weighted by atomic mass is 10.0. The second kappa shape index (κ2) is 9.86. The van der Waals surface area contributed by atoms with E-state index in [4.69, 9.17) is 21.1 Å². The van der Waals surface area contributed by atoms with E-state index in [1.165, 1.54) is 25.9 Å². The summed E-state index contributed by atoms with van der Waals surface area (Å²) in [6, 6.07) is 21.1. The molecule has 6 heteroatoms. The molecule has 2 heterocycles. The molecule has 3 aromatic rings. The summed E-state index contributed by atoms with van der Waals surface area (Å²) in [4.78, 5) is 17.5. The van der Waals surface area contributed by atoms with Gasteiger partial charge in [-0.3, -0.25) is 9.69 Å². The third-order valence-electron chi connectivity index (χ3n) is 6.23. The topological polar surface area (TPSA) is 42.0 Å². The molecule has 0 saturated carbocycles. The number of rotatable bonds is 6. The maximum Gasteiger partial charge on any atom is 0.262 e. The second-order valence-electron chi connectivity index (χ2n) is 8.41. The number of amides is 1. The van der Waals surface area contributed by atoms with Crippen LogP contribution in [0.1, 0.15) is 23.2 Å². The lowest BCUT2D eigenvalue weighted by Gasteiger charge is -2.20. The smallest absolute Gasteiger partial charge is 0.262 e. The maximum atomic E-state index is 13.3. The number of ether oxygens (including phenoxy) is 2. The zero-order chi connectivity index (χ0) is 22.6. The predicted molar refractivity (Wildman–Crippen MR) is 132 cm³/mol. The first-order valence-electron chi connectivity index (χ1n) is 11.5. The monoisotopic (exact) mass is 462 g/mol. The molecule has 1 saturated heterocycles. The second-order valence-corrected chi connectivity index (χ2v) is 8.85. The molecule has 2 aliphatic rings. The van der Waals surface area contributed by atoms with Crippen LogP contribution in [0.3, 0.4) is 0 Å². The highest BCUT2D eigenvalue weighted by molar-refractivity contribution is 6.30. The van der Waals surface area contributed by atoms with E-state index in [2.05, 4.69) is 4.90 Å². The van der Waals surface area contributed by atoms with Crippen LogP contribution in [0.2, 0.25) is 5.02 Å². The van der Waals surface area contributed by atoms with Gasteiger partial charge < -0.3 is 14.4 Å². The third kappa shape index (κ3) is 5.00. The van der Waals surface area contributed by atoms with Gasteiger partial charge in [-0.25, -0.2) is 0 Å². The summed E-state index contributed by atoms with van der Waals surface area (Å²) in [5, 5.41) is 0.693. The van der Waals surface area contributed by atoms with Crippen LogP contribution < -0.4 is 14.4 Å². The van der Waals surface area contributed by atoms with E-state index >= 15 is 0 Å². The van der Waals surface area contributed by atoms with E-state index in [-0.39, 0.29) is 5.91 Å². The Morgan fingerprint density at radius 3 is 2.36 bits per heavy atom. The van der Waals surface area contributed by atoms with Gasteiger partial charge in [0.2, 0.25) is 0 Å². The maximum absolute atomic E-state index is 13.3. The Kier molecular flexibility index (Phi) is 6.51. The van der Waals surface area contributed by atoms with E-state index in [1.807, 2.05) is 66.7 Å². The van der Waals surface area contributed by atoms with Gasteiger partial charge >= 0.3 is 0 Å². The molecular formula is C27H27ClN2O3. The highest BCUT2D eigenvalue weighted by atomic mass is 35.5. The van der Waals surface area contributed by atoms with Crippen molar-refractivity contribution in [2.45, 2.75) is 12.8 Å². The quantitative estimate of drug-likeness (QED) is 0.483. The highest BCUT2D eigenvalue weighted by Crippen LogP contribution is 2.32. The zero-order valence-corrected chi connectivity index (χ0v) is 19.3. The van der Waals surface area contributed by atoms with Gasteiger partial charge in [0.15, 0.2) is 0 Å². The van der Waals surface area contributed by atoms with Crippen molar-refractivity contribution in [1.82, 2.24) is 4.90 Å². The van der Waals surface area contributed by atoms with Crippen molar-refractivity contribution in [3.63, 3.8) is 0 Å². The Labute approximate surface area is 199 Å². The number of hydrogen-bond acceptors (Lipinski definition) is 4. The lowest BCUT2D eigenvalue weighted by molar-refractivity contribution is 0.0990. The van der Waals surface area contributed by atoms with Crippen LogP contribution in [0.5, 0.6) is 11.5 Å². The molecule has 0 unspecified atom stereocenters. The van der Waals surface area contributed by atoms with Crippen LogP contribution in [0, 0.1) is 0 Å². The first-order valence-corrected chi connectivity index (χ1v) is 11.8. The molecule has 3 aromatic carbocycles. The Hall–Kier alpha value is -3.02. The van der Waals surface area contributed by atoms with Crippen LogP contribution >= 0.6 is 11.6 Å². The van der Waals surface area contributed by atoms with Crippen molar-refractivity contribution in [2.75, 3.05) is 44.3 Å². The van der Waals surface area contributed by atoms with Crippen molar-refractivity contribution >= 4 is 23.2 Å². The largest absolute Gasteiger partial charge is 0.492 e. The van der Waals surface area contributed by atoms with E-state index in [0.29, 0.717) is 36.1 Å². The molecule has 0 aliphatic carbocycles. The average Bonchev–Trinajstić information content (AvgIpc) is 3.30. The van der Waals surface area contributed by atoms with Gasteiger partial charge in [-0.1, -0.05) is 29.8 Å². The summed E-state index contributed by atoms with van der Waals surface area (Å²) in [7, 11) is 0. The van der Waals surface area contributed by atoms with Crippen LogP contribution in [-0.4, -0.2) is 50.2 Å². The SMILES string of the molecule is O=C1c2ccc(-c3ccc(Cl)cc3)cc2OCCN1c1ccc(OCCN2CCCC2)cc1. The van der Waals surface area contributed by atoms with Crippen LogP contribution in [0.25, 0.3) is 11.1 Å². The number of anilines is 1. The molecule has 0 N–H and O–H groups in total. The Morgan fingerprint density at radius 2 is 1.61 bits per heavy atom. The summed E-state index contributed by atoms with van der Waals surface area (Å²) in [5.74, 6) is 1.37. The zero-order valence-electron chi connectivity index (χ0n) is 18.5. The van der Waals surface area contributed by atoms with Gasteiger partial charge in [0.25, 0.3) is 5.91 Å². The number of hydrogen-bond donors (Lipinski definition) is 0. The minimum absolute atomic E-state index is 0.0622. The normalized spacial score (nSPS) is 16.3. The molecule has 2 aliphatic heterocycles. The van der Waals surface area contributed by atoms with Crippen LogP contribution in [0.4, 0.5) is 5.69 Å². The van der Waals surface area contributed by atoms with Crippen molar-refractivity contribution in [3.8, 4) is 22.6 Å². The summed E-state index contributed by atoms with van der Waals surface area (Å²) < 4.78 is 11.9. The standard InChI is InChI=1S/C27H27ClN2O3/c28-22-6-3-20(4-7-22)21-5-12-25-26(19-21)33-18-16-30(27(25)31)23-8-10-24(11-9-23)32-17-15-29-13-1-2-14-29/h3-12,19H,1-2,13-18H2. The number of carbonyl (C=O) groups is 1. The molecule has 0 radical (unpaired) electrons. The van der Waals surface area contributed by atoms with Crippen molar-refractivity contribution < 1.29 is 14.3 Å². The Balaban J connectivity index is 1.28. The summed E-state index contributed by atoms with van der Waals surface area (Å²) in [6.45, 7) is 4.89. The number of carbonyl (C=O) groups excluding carboxylic acids is 1. The number of nitrogens with zero attached hydrogens (tertiary/aromatic N) is 2. The molecule has 33 heavy (non-hydrogen) atoms.